The Kier molecular flexibility index (Phi) is 3.95. The fourth-order valence-corrected chi connectivity index (χ4v) is 2.91. The lowest BCUT2D eigenvalue weighted by molar-refractivity contribution is 0.306. The summed E-state index contributed by atoms with van der Waals surface area (Å²) in [5.74, 6) is 0.879. The molecule has 0 fully saturated rings. The Morgan fingerprint density at radius 3 is 2.65 bits per heavy atom. The van der Waals surface area contributed by atoms with Gasteiger partial charge in [-0.2, -0.15) is 0 Å². The van der Waals surface area contributed by atoms with Gasteiger partial charge < -0.3 is 10.1 Å². The van der Waals surface area contributed by atoms with Crippen LogP contribution in [0.15, 0.2) is 48.5 Å². The monoisotopic (exact) mass is 284 g/mol. The average Bonchev–Trinajstić information content (AvgIpc) is 2.90. The Hall–Kier alpha value is -1.91. The van der Waals surface area contributed by atoms with E-state index >= 15 is 0 Å². The highest BCUT2D eigenvalue weighted by Crippen LogP contribution is 2.23. The van der Waals surface area contributed by atoms with Crippen molar-refractivity contribution in [3.8, 4) is 5.75 Å². The largest absolute Gasteiger partial charge is 0.486 e. The third-order valence-electron chi connectivity index (χ3n) is 3.00. The molecule has 0 aliphatic heterocycles. The summed E-state index contributed by atoms with van der Waals surface area (Å²) in [6, 6.07) is 16.3. The van der Waals surface area contributed by atoms with Gasteiger partial charge in [-0.1, -0.05) is 24.3 Å². The second kappa shape index (κ2) is 6.03. The predicted octanol–water partition coefficient (Wildman–Crippen LogP) is 3.59. The van der Waals surface area contributed by atoms with E-state index in [1.54, 1.807) is 11.3 Å². The van der Waals surface area contributed by atoms with Crippen molar-refractivity contribution in [2.75, 3.05) is 7.05 Å². The highest BCUT2D eigenvalue weighted by atomic mass is 32.1. The van der Waals surface area contributed by atoms with E-state index in [1.807, 2.05) is 37.4 Å². The van der Waals surface area contributed by atoms with Crippen molar-refractivity contribution in [2.24, 2.45) is 0 Å². The molecule has 0 aliphatic carbocycles. The number of aromatic nitrogens is 1. The van der Waals surface area contributed by atoms with Gasteiger partial charge in [0.15, 0.2) is 0 Å². The van der Waals surface area contributed by atoms with Crippen LogP contribution in [0.4, 0.5) is 0 Å². The third-order valence-corrected chi connectivity index (χ3v) is 4.01. The predicted molar refractivity (Wildman–Crippen MR) is 83.2 cm³/mol. The molecule has 0 radical (unpaired) electrons. The molecule has 1 N–H and O–H groups in total. The molecule has 1 heterocycles. The van der Waals surface area contributed by atoms with Crippen molar-refractivity contribution in [3.63, 3.8) is 0 Å². The number of nitrogens with zero attached hydrogens (tertiary/aromatic N) is 1. The molecular weight excluding hydrogens is 268 g/mol. The van der Waals surface area contributed by atoms with E-state index in [9.17, 15) is 0 Å². The van der Waals surface area contributed by atoms with Gasteiger partial charge >= 0.3 is 0 Å². The lowest BCUT2D eigenvalue weighted by atomic mass is 10.2. The number of thiazole rings is 1. The van der Waals surface area contributed by atoms with Crippen LogP contribution in [0.25, 0.3) is 10.2 Å². The van der Waals surface area contributed by atoms with Crippen molar-refractivity contribution >= 4 is 21.6 Å². The van der Waals surface area contributed by atoms with Crippen molar-refractivity contribution in [1.29, 1.82) is 0 Å². The van der Waals surface area contributed by atoms with Crippen LogP contribution >= 0.6 is 11.3 Å². The number of hydrogen-bond donors (Lipinski definition) is 1. The van der Waals surface area contributed by atoms with Gasteiger partial charge in [0.1, 0.15) is 17.4 Å². The first-order valence-electron chi connectivity index (χ1n) is 6.56. The van der Waals surface area contributed by atoms with Crippen molar-refractivity contribution in [3.05, 3.63) is 59.1 Å². The maximum absolute atomic E-state index is 5.78. The fourth-order valence-electron chi connectivity index (χ4n) is 2.03. The molecule has 0 saturated heterocycles. The number of ether oxygens (including phenoxy) is 1. The molecule has 2 aromatic carbocycles. The maximum Gasteiger partial charge on any atom is 0.140 e. The van der Waals surface area contributed by atoms with Gasteiger partial charge in [0.25, 0.3) is 0 Å². The quantitative estimate of drug-likeness (QED) is 0.777. The number of para-hydroxylation sites is 1. The van der Waals surface area contributed by atoms with E-state index in [0.29, 0.717) is 6.61 Å². The molecule has 102 valence electrons. The fraction of sp³-hybridized carbons (Fsp3) is 0.188. The molecule has 3 aromatic rings. The van der Waals surface area contributed by atoms with Crippen LogP contribution < -0.4 is 10.1 Å². The Morgan fingerprint density at radius 2 is 1.90 bits per heavy atom. The molecule has 3 nitrogen and oxygen atoms in total. The normalized spacial score (nSPS) is 10.8. The van der Waals surface area contributed by atoms with Crippen LogP contribution in [0.5, 0.6) is 5.75 Å². The highest BCUT2D eigenvalue weighted by molar-refractivity contribution is 7.18. The Labute approximate surface area is 122 Å². The van der Waals surface area contributed by atoms with E-state index < -0.39 is 0 Å². The first kappa shape index (κ1) is 13.1. The molecular formula is C16H16N2OS. The van der Waals surface area contributed by atoms with Gasteiger partial charge in [0.2, 0.25) is 0 Å². The van der Waals surface area contributed by atoms with Gasteiger partial charge in [-0.3, -0.25) is 0 Å². The summed E-state index contributed by atoms with van der Waals surface area (Å²) < 4.78 is 6.99. The zero-order valence-electron chi connectivity index (χ0n) is 11.3. The smallest absolute Gasteiger partial charge is 0.140 e. The molecule has 0 atom stereocenters. The lowest BCUT2D eigenvalue weighted by Crippen LogP contribution is -2.04. The summed E-state index contributed by atoms with van der Waals surface area (Å²) in [6.45, 7) is 1.39. The lowest BCUT2D eigenvalue weighted by Gasteiger charge is -2.05. The number of hydrogen-bond acceptors (Lipinski definition) is 4. The van der Waals surface area contributed by atoms with E-state index in [4.69, 9.17) is 4.74 Å². The second-order valence-electron chi connectivity index (χ2n) is 4.54. The summed E-state index contributed by atoms with van der Waals surface area (Å²) >= 11 is 1.68. The summed E-state index contributed by atoms with van der Waals surface area (Å²) in [7, 11) is 1.94. The van der Waals surface area contributed by atoms with Crippen LogP contribution in [-0.4, -0.2) is 12.0 Å². The Bertz CT molecular complexity index is 658. The molecule has 0 bridgehead atoms. The van der Waals surface area contributed by atoms with Gasteiger partial charge in [-0.05, 0) is 36.9 Å². The Morgan fingerprint density at radius 1 is 1.10 bits per heavy atom. The third kappa shape index (κ3) is 2.98. The van der Waals surface area contributed by atoms with Gasteiger partial charge in [0, 0.05) is 6.54 Å². The summed E-state index contributed by atoms with van der Waals surface area (Å²) in [5, 5.41) is 4.13. The first-order chi connectivity index (χ1) is 9.85. The Balaban J connectivity index is 1.66. The zero-order chi connectivity index (χ0) is 13.8. The second-order valence-corrected chi connectivity index (χ2v) is 5.65. The summed E-state index contributed by atoms with van der Waals surface area (Å²) in [4.78, 5) is 4.56. The molecule has 0 spiro atoms. The van der Waals surface area contributed by atoms with E-state index in [2.05, 4.69) is 28.5 Å². The molecule has 0 saturated carbocycles. The van der Waals surface area contributed by atoms with E-state index in [-0.39, 0.29) is 0 Å². The minimum atomic E-state index is 0.519. The van der Waals surface area contributed by atoms with Crippen LogP contribution in [0, 0.1) is 0 Å². The number of nitrogens with one attached hydrogen (secondary N) is 1. The minimum absolute atomic E-state index is 0.519. The summed E-state index contributed by atoms with van der Waals surface area (Å²) in [5.41, 5.74) is 2.29. The van der Waals surface area contributed by atoms with Gasteiger partial charge in [-0.15, -0.1) is 11.3 Å². The van der Waals surface area contributed by atoms with E-state index in [1.165, 1.54) is 10.3 Å². The van der Waals surface area contributed by atoms with Crippen LogP contribution in [0.3, 0.4) is 0 Å². The van der Waals surface area contributed by atoms with Crippen molar-refractivity contribution in [1.82, 2.24) is 10.3 Å². The first-order valence-corrected chi connectivity index (χ1v) is 7.37. The van der Waals surface area contributed by atoms with Crippen LogP contribution in [-0.2, 0) is 13.2 Å². The molecule has 20 heavy (non-hydrogen) atoms. The summed E-state index contributed by atoms with van der Waals surface area (Å²) in [6.07, 6.45) is 0. The standard InChI is InChI=1S/C16H16N2OS/c1-17-10-12-6-8-13(9-7-12)19-11-16-18-14-4-2-3-5-15(14)20-16/h2-9,17H,10-11H2,1H3. The van der Waals surface area contributed by atoms with Crippen molar-refractivity contribution < 1.29 is 4.74 Å². The van der Waals surface area contributed by atoms with Gasteiger partial charge in [-0.25, -0.2) is 4.98 Å². The topological polar surface area (TPSA) is 34.1 Å². The maximum atomic E-state index is 5.78. The molecule has 4 heteroatoms. The van der Waals surface area contributed by atoms with Crippen molar-refractivity contribution in [2.45, 2.75) is 13.2 Å². The van der Waals surface area contributed by atoms with Gasteiger partial charge in [0.05, 0.1) is 10.2 Å². The number of benzene rings is 2. The molecule has 0 aliphatic rings. The molecule has 0 unspecified atom stereocenters. The van der Waals surface area contributed by atoms with Crippen LogP contribution in [0.1, 0.15) is 10.6 Å². The van der Waals surface area contributed by atoms with Crippen LogP contribution in [0.2, 0.25) is 0 Å². The number of rotatable bonds is 5. The van der Waals surface area contributed by atoms with E-state index in [0.717, 1.165) is 22.8 Å². The average molecular weight is 284 g/mol. The molecule has 3 rings (SSSR count). The zero-order valence-corrected chi connectivity index (χ0v) is 12.1. The minimum Gasteiger partial charge on any atom is -0.486 e. The number of fused-ring (bicyclic) bond motifs is 1. The molecule has 1 aromatic heterocycles. The highest BCUT2D eigenvalue weighted by Gasteiger charge is 2.04. The SMILES string of the molecule is CNCc1ccc(OCc2nc3ccccc3s2)cc1. The molecule has 0 amide bonds.